The minimum absolute atomic E-state index is 0.277. The van der Waals surface area contributed by atoms with E-state index in [0.29, 0.717) is 12.5 Å². The third-order valence-corrected chi connectivity index (χ3v) is 6.14. The number of rotatable bonds is 4. The highest BCUT2D eigenvalue weighted by Gasteiger charge is 2.27. The van der Waals surface area contributed by atoms with Crippen molar-refractivity contribution in [1.82, 2.24) is 9.80 Å². The van der Waals surface area contributed by atoms with E-state index in [4.69, 9.17) is 0 Å². The average Bonchev–Trinajstić information content (AvgIpc) is 2.76. The monoisotopic (exact) mass is 362 g/mol. The molecule has 27 heavy (non-hydrogen) atoms. The standard InChI is InChI=1S/C24H30N2O/c27-24(26-17-13-23(14-18-26)25-15-5-2-6-16-25)19-20-9-11-22(12-10-20)21-7-3-1-4-8-21/h1,3-4,7-12,23H,2,5-6,13-19H2. The van der Waals surface area contributed by atoms with Gasteiger partial charge in [0.25, 0.3) is 0 Å². The first-order valence-electron chi connectivity index (χ1n) is 10.5. The van der Waals surface area contributed by atoms with Crippen LogP contribution in [-0.4, -0.2) is 47.9 Å². The lowest BCUT2D eigenvalue weighted by atomic mass is 9.99. The zero-order valence-electron chi connectivity index (χ0n) is 16.1. The van der Waals surface area contributed by atoms with Gasteiger partial charge in [-0.05, 0) is 55.5 Å². The van der Waals surface area contributed by atoms with Crippen LogP contribution in [0.1, 0.15) is 37.7 Å². The van der Waals surface area contributed by atoms with E-state index < -0.39 is 0 Å². The molecule has 2 aromatic rings. The van der Waals surface area contributed by atoms with E-state index in [0.717, 1.165) is 31.5 Å². The molecule has 0 saturated carbocycles. The first-order valence-corrected chi connectivity index (χ1v) is 10.5. The molecule has 2 aliphatic heterocycles. The van der Waals surface area contributed by atoms with E-state index >= 15 is 0 Å². The Morgan fingerprint density at radius 2 is 1.41 bits per heavy atom. The molecule has 2 fully saturated rings. The molecule has 4 rings (SSSR count). The van der Waals surface area contributed by atoms with Gasteiger partial charge in [0.1, 0.15) is 0 Å². The van der Waals surface area contributed by atoms with Crippen LogP contribution >= 0.6 is 0 Å². The predicted octanol–water partition coefficient (Wildman–Crippen LogP) is 4.37. The van der Waals surface area contributed by atoms with E-state index in [1.165, 1.54) is 43.5 Å². The normalized spacial score (nSPS) is 19.2. The lowest BCUT2D eigenvalue weighted by molar-refractivity contribution is -0.132. The van der Waals surface area contributed by atoms with Gasteiger partial charge in [-0.25, -0.2) is 0 Å². The molecular weight excluding hydrogens is 332 g/mol. The number of hydrogen-bond donors (Lipinski definition) is 0. The van der Waals surface area contributed by atoms with Crippen molar-refractivity contribution in [3.63, 3.8) is 0 Å². The predicted molar refractivity (Wildman–Crippen MR) is 111 cm³/mol. The molecule has 2 aromatic carbocycles. The zero-order valence-corrected chi connectivity index (χ0v) is 16.1. The van der Waals surface area contributed by atoms with Crippen molar-refractivity contribution in [3.05, 3.63) is 60.2 Å². The van der Waals surface area contributed by atoms with Crippen LogP contribution in [-0.2, 0) is 11.2 Å². The Hall–Kier alpha value is -2.13. The molecule has 0 spiro atoms. The maximum Gasteiger partial charge on any atom is 0.226 e. The van der Waals surface area contributed by atoms with Gasteiger partial charge in [0.05, 0.1) is 6.42 Å². The minimum Gasteiger partial charge on any atom is -0.342 e. The minimum atomic E-state index is 0.277. The molecule has 0 unspecified atom stereocenters. The second-order valence-electron chi connectivity index (χ2n) is 7.95. The smallest absolute Gasteiger partial charge is 0.226 e. The molecule has 3 nitrogen and oxygen atoms in total. The van der Waals surface area contributed by atoms with Crippen molar-refractivity contribution in [3.8, 4) is 11.1 Å². The van der Waals surface area contributed by atoms with Crippen molar-refractivity contribution in [2.24, 2.45) is 0 Å². The first kappa shape index (κ1) is 18.2. The van der Waals surface area contributed by atoms with E-state index in [-0.39, 0.29) is 5.91 Å². The molecule has 1 amide bonds. The SMILES string of the molecule is O=C(Cc1ccc(-c2ccccc2)cc1)N1CCC(N2CCCCC2)CC1. The van der Waals surface area contributed by atoms with Crippen LogP contribution in [0.25, 0.3) is 11.1 Å². The third kappa shape index (κ3) is 4.59. The summed E-state index contributed by atoms with van der Waals surface area (Å²) < 4.78 is 0. The van der Waals surface area contributed by atoms with Crippen LogP contribution in [0.5, 0.6) is 0 Å². The second kappa shape index (κ2) is 8.71. The first-order chi connectivity index (χ1) is 13.3. The lowest BCUT2D eigenvalue weighted by Crippen LogP contribution is -2.48. The molecule has 0 radical (unpaired) electrons. The van der Waals surface area contributed by atoms with Crippen LogP contribution in [0.2, 0.25) is 0 Å². The highest BCUT2D eigenvalue weighted by Crippen LogP contribution is 2.22. The Kier molecular flexibility index (Phi) is 5.88. The van der Waals surface area contributed by atoms with Gasteiger partial charge in [0.15, 0.2) is 0 Å². The summed E-state index contributed by atoms with van der Waals surface area (Å²) in [7, 11) is 0. The van der Waals surface area contributed by atoms with Gasteiger partial charge < -0.3 is 9.80 Å². The highest BCUT2D eigenvalue weighted by molar-refractivity contribution is 5.79. The number of likely N-dealkylation sites (tertiary alicyclic amines) is 2. The van der Waals surface area contributed by atoms with Gasteiger partial charge in [0, 0.05) is 19.1 Å². The summed E-state index contributed by atoms with van der Waals surface area (Å²) in [6.45, 7) is 4.35. The molecular formula is C24H30N2O. The average molecular weight is 363 g/mol. The summed E-state index contributed by atoms with van der Waals surface area (Å²) in [4.78, 5) is 17.5. The van der Waals surface area contributed by atoms with E-state index in [9.17, 15) is 4.79 Å². The third-order valence-electron chi connectivity index (χ3n) is 6.14. The van der Waals surface area contributed by atoms with E-state index in [1.807, 2.05) is 6.07 Å². The van der Waals surface area contributed by atoms with Crippen LogP contribution < -0.4 is 0 Å². The summed E-state index contributed by atoms with van der Waals surface area (Å²) in [6, 6.07) is 19.5. The number of nitrogens with zero attached hydrogens (tertiary/aromatic N) is 2. The quantitative estimate of drug-likeness (QED) is 0.806. The largest absolute Gasteiger partial charge is 0.342 e. The number of piperidine rings is 2. The summed E-state index contributed by atoms with van der Waals surface area (Å²) in [5.74, 6) is 0.277. The Morgan fingerprint density at radius 3 is 2.07 bits per heavy atom. The zero-order chi connectivity index (χ0) is 18.5. The molecule has 2 saturated heterocycles. The van der Waals surface area contributed by atoms with Gasteiger partial charge in [-0.2, -0.15) is 0 Å². The summed E-state index contributed by atoms with van der Waals surface area (Å²) in [5.41, 5.74) is 3.53. The van der Waals surface area contributed by atoms with E-state index in [1.54, 1.807) is 0 Å². The summed E-state index contributed by atoms with van der Waals surface area (Å²) >= 11 is 0. The van der Waals surface area contributed by atoms with Crippen LogP contribution in [0.4, 0.5) is 0 Å². The van der Waals surface area contributed by atoms with Gasteiger partial charge in [-0.1, -0.05) is 61.0 Å². The molecule has 0 atom stereocenters. The van der Waals surface area contributed by atoms with Crippen molar-refractivity contribution in [2.45, 2.75) is 44.6 Å². The van der Waals surface area contributed by atoms with Crippen LogP contribution in [0.3, 0.4) is 0 Å². The van der Waals surface area contributed by atoms with Gasteiger partial charge in [0.2, 0.25) is 5.91 Å². The number of benzene rings is 2. The molecule has 0 bridgehead atoms. The topological polar surface area (TPSA) is 23.6 Å². The Morgan fingerprint density at radius 1 is 0.778 bits per heavy atom. The molecule has 2 heterocycles. The van der Waals surface area contributed by atoms with Gasteiger partial charge in [-0.3, -0.25) is 4.79 Å². The lowest BCUT2D eigenvalue weighted by Gasteiger charge is -2.40. The molecule has 0 aliphatic carbocycles. The van der Waals surface area contributed by atoms with Gasteiger partial charge in [-0.15, -0.1) is 0 Å². The molecule has 0 N–H and O–H groups in total. The maximum absolute atomic E-state index is 12.7. The molecule has 3 heteroatoms. The number of amides is 1. The molecule has 0 aromatic heterocycles. The Labute approximate surface area is 163 Å². The van der Waals surface area contributed by atoms with E-state index in [2.05, 4.69) is 58.3 Å². The Bertz CT molecular complexity index is 727. The van der Waals surface area contributed by atoms with Crippen molar-refractivity contribution in [1.29, 1.82) is 0 Å². The van der Waals surface area contributed by atoms with Crippen LogP contribution in [0.15, 0.2) is 54.6 Å². The second-order valence-corrected chi connectivity index (χ2v) is 7.95. The fourth-order valence-electron chi connectivity index (χ4n) is 4.50. The van der Waals surface area contributed by atoms with Crippen LogP contribution in [0, 0.1) is 0 Å². The van der Waals surface area contributed by atoms with Crippen molar-refractivity contribution in [2.75, 3.05) is 26.2 Å². The molecule has 2 aliphatic rings. The Balaban J connectivity index is 1.29. The number of carbonyl (C=O) groups excluding carboxylic acids is 1. The van der Waals surface area contributed by atoms with Gasteiger partial charge >= 0.3 is 0 Å². The summed E-state index contributed by atoms with van der Waals surface area (Å²) in [6.07, 6.45) is 6.87. The molecule has 142 valence electrons. The highest BCUT2D eigenvalue weighted by atomic mass is 16.2. The fraction of sp³-hybridized carbons (Fsp3) is 0.458. The van der Waals surface area contributed by atoms with Crippen molar-refractivity contribution >= 4 is 5.91 Å². The number of carbonyl (C=O) groups is 1. The summed E-state index contributed by atoms with van der Waals surface area (Å²) in [5, 5.41) is 0. The fourth-order valence-corrected chi connectivity index (χ4v) is 4.50. The number of hydrogen-bond acceptors (Lipinski definition) is 2. The van der Waals surface area contributed by atoms with Crippen molar-refractivity contribution < 1.29 is 4.79 Å². The maximum atomic E-state index is 12.7.